The highest BCUT2D eigenvalue weighted by Crippen LogP contribution is 2.31. The summed E-state index contributed by atoms with van der Waals surface area (Å²) in [6, 6.07) is 6.11. The number of rotatable bonds is 5. The molecule has 1 aliphatic heterocycles. The zero-order chi connectivity index (χ0) is 19.6. The Kier molecular flexibility index (Phi) is 5.20. The number of methoxy groups -OCH3 is 1. The van der Waals surface area contributed by atoms with Crippen LogP contribution < -0.4 is 15.0 Å². The number of nitro benzene ring substituents is 1. The van der Waals surface area contributed by atoms with E-state index in [-0.39, 0.29) is 23.7 Å². The van der Waals surface area contributed by atoms with E-state index in [1.165, 1.54) is 25.3 Å². The SMILES string of the molecule is COc1cc([N+](=O)[O-])ccc1NC(=O)CN1CCCc2cc(F)c(F)cc21. The van der Waals surface area contributed by atoms with Crippen molar-refractivity contribution in [2.45, 2.75) is 12.8 Å². The molecule has 3 rings (SSSR count). The van der Waals surface area contributed by atoms with Gasteiger partial charge in [-0.2, -0.15) is 0 Å². The predicted molar refractivity (Wildman–Crippen MR) is 95.2 cm³/mol. The predicted octanol–water partition coefficient (Wildman–Crippen LogP) is 3.27. The van der Waals surface area contributed by atoms with Gasteiger partial charge in [-0.1, -0.05) is 0 Å². The third kappa shape index (κ3) is 3.97. The summed E-state index contributed by atoms with van der Waals surface area (Å²) in [5.41, 5.74) is 1.27. The number of nitrogens with zero attached hydrogens (tertiary/aromatic N) is 2. The molecular formula is C18H17F2N3O4. The highest BCUT2D eigenvalue weighted by atomic mass is 19.2. The minimum absolute atomic E-state index is 0.0712. The van der Waals surface area contributed by atoms with E-state index in [4.69, 9.17) is 4.74 Å². The first-order valence-corrected chi connectivity index (χ1v) is 8.24. The van der Waals surface area contributed by atoms with Gasteiger partial charge < -0.3 is 15.0 Å². The van der Waals surface area contributed by atoms with E-state index >= 15 is 0 Å². The molecule has 7 nitrogen and oxygen atoms in total. The van der Waals surface area contributed by atoms with Crippen LogP contribution in [-0.2, 0) is 11.2 Å². The lowest BCUT2D eigenvalue weighted by Crippen LogP contribution is -2.37. The Balaban J connectivity index is 1.76. The van der Waals surface area contributed by atoms with Crippen LogP contribution in [0.3, 0.4) is 0 Å². The molecule has 0 saturated heterocycles. The lowest BCUT2D eigenvalue weighted by atomic mass is 10.0. The third-order valence-electron chi connectivity index (χ3n) is 4.34. The molecule has 0 saturated carbocycles. The molecule has 1 aliphatic rings. The van der Waals surface area contributed by atoms with Gasteiger partial charge in [0.25, 0.3) is 5.69 Å². The monoisotopic (exact) mass is 377 g/mol. The van der Waals surface area contributed by atoms with E-state index in [1.54, 1.807) is 4.90 Å². The van der Waals surface area contributed by atoms with Crippen LogP contribution in [0, 0.1) is 21.7 Å². The summed E-state index contributed by atoms with van der Waals surface area (Å²) in [7, 11) is 1.34. The van der Waals surface area contributed by atoms with E-state index in [1.807, 2.05) is 0 Å². The maximum absolute atomic E-state index is 13.6. The van der Waals surface area contributed by atoms with Crippen molar-refractivity contribution in [1.29, 1.82) is 0 Å². The van der Waals surface area contributed by atoms with Gasteiger partial charge in [-0.15, -0.1) is 0 Å². The number of nitro groups is 1. The Morgan fingerprint density at radius 2 is 2.04 bits per heavy atom. The van der Waals surface area contributed by atoms with Crippen molar-refractivity contribution in [2.75, 3.05) is 30.4 Å². The fraction of sp³-hybridized carbons (Fsp3) is 0.278. The molecule has 1 amide bonds. The van der Waals surface area contributed by atoms with Crippen molar-refractivity contribution in [1.82, 2.24) is 0 Å². The summed E-state index contributed by atoms with van der Waals surface area (Å²) >= 11 is 0. The van der Waals surface area contributed by atoms with Crippen molar-refractivity contribution < 1.29 is 23.2 Å². The zero-order valence-corrected chi connectivity index (χ0v) is 14.5. The number of hydrogen-bond donors (Lipinski definition) is 1. The number of non-ortho nitro benzene ring substituents is 1. The van der Waals surface area contributed by atoms with Crippen LogP contribution in [0.4, 0.5) is 25.8 Å². The first kappa shape index (κ1) is 18.6. The molecule has 2 aromatic carbocycles. The molecule has 142 valence electrons. The summed E-state index contributed by atoms with van der Waals surface area (Å²) in [5.74, 6) is -2.11. The highest BCUT2D eigenvalue weighted by Gasteiger charge is 2.22. The first-order valence-electron chi connectivity index (χ1n) is 8.24. The molecule has 0 spiro atoms. The van der Waals surface area contributed by atoms with Crippen LogP contribution in [0.2, 0.25) is 0 Å². The summed E-state index contributed by atoms with van der Waals surface area (Å²) in [6.45, 7) is 0.459. The smallest absolute Gasteiger partial charge is 0.273 e. The summed E-state index contributed by atoms with van der Waals surface area (Å²) < 4.78 is 32.1. The van der Waals surface area contributed by atoms with Gasteiger partial charge in [-0.05, 0) is 30.5 Å². The van der Waals surface area contributed by atoms with Crippen molar-refractivity contribution in [2.24, 2.45) is 0 Å². The summed E-state index contributed by atoms with van der Waals surface area (Å²) in [4.78, 5) is 24.4. The maximum Gasteiger partial charge on any atom is 0.273 e. The normalized spacial score (nSPS) is 13.1. The van der Waals surface area contributed by atoms with Gasteiger partial charge in [-0.3, -0.25) is 14.9 Å². The van der Waals surface area contributed by atoms with Gasteiger partial charge in [0.1, 0.15) is 5.75 Å². The molecule has 0 aliphatic carbocycles. The van der Waals surface area contributed by atoms with Crippen molar-refractivity contribution in [3.63, 3.8) is 0 Å². The number of anilines is 2. The average Bonchev–Trinajstić information content (AvgIpc) is 2.63. The fourth-order valence-electron chi connectivity index (χ4n) is 3.08. The Morgan fingerprint density at radius 3 is 2.74 bits per heavy atom. The van der Waals surface area contributed by atoms with Gasteiger partial charge in [0, 0.05) is 24.4 Å². The maximum atomic E-state index is 13.6. The lowest BCUT2D eigenvalue weighted by Gasteiger charge is -2.30. The summed E-state index contributed by atoms with van der Waals surface area (Å²) in [6.07, 6.45) is 1.33. The molecule has 1 N–H and O–H groups in total. The second kappa shape index (κ2) is 7.56. The van der Waals surface area contributed by atoms with Crippen LogP contribution in [0.1, 0.15) is 12.0 Å². The highest BCUT2D eigenvalue weighted by molar-refractivity contribution is 5.95. The van der Waals surface area contributed by atoms with Crippen molar-refractivity contribution >= 4 is 23.0 Å². The van der Waals surface area contributed by atoms with Gasteiger partial charge in [0.05, 0.1) is 30.3 Å². The van der Waals surface area contributed by atoms with Gasteiger partial charge in [-0.25, -0.2) is 8.78 Å². The Labute approximate surface area is 153 Å². The zero-order valence-electron chi connectivity index (χ0n) is 14.5. The molecule has 2 aromatic rings. The van der Waals surface area contributed by atoms with Crippen LogP contribution in [0.5, 0.6) is 5.75 Å². The minimum atomic E-state index is -0.960. The number of benzene rings is 2. The number of nitrogens with one attached hydrogen (secondary N) is 1. The van der Waals surface area contributed by atoms with E-state index in [0.717, 1.165) is 12.1 Å². The van der Waals surface area contributed by atoms with Crippen molar-refractivity contribution in [3.8, 4) is 5.75 Å². The van der Waals surface area contributed by atoms with Gasteiger partial charge in [0.15, 0.2) is 11.6 Å². The number of hydrogen-bond acceptors (Lipinski definition) is 5. The van der Waals surface area contributed by atoms with Crippen LogP contribution >= 0.6 is 0 Å². The molecule has 0 fully saturated rings. The molecule has 27 heavy (non-hydrogen) atoms. The average molecular weight is 377 g/mol. The largest absolute Gasteiger partial charge is 0.494 e. The first-order chi connectivity index (χ1) is 12.9. The van der Waals surface area contributed by atoms with Crippen LogP contribution in [0.25, 0.3) is 0 Å². The molecule has 0 bridgehead atoms. The number of fused-ring (bicyclic) bond motifs is 1. The number of aryl methyl sites for hydroxylation is 1. The quantitative estimate of drug-likeness (QED) is 0.639. The van der Waals surface area contributed by atoms with E-state index in [2.05, 4.69) is 5.32 Å². The standard InChI is InChI=1S/C18H17F2N3O4/c1-27-17-8-12(23(25)26)4-5-15(17)21-18(24)10-22-6-2-3-11-7-13(19)14(20)9-16(11)22/h4-5,7-9H,2-3,6,10H2,1H3,(H,21,24). The number of halogens is 2. The Bertz CT molecular complexity index is 904. The van der Waals surface area contributed by atoms with Gasteiger partial charge in [0.2, 0.25) is 5.91 Å². The Morgan fingerprint density at radius 1 is 1.30 bits per heavy atom. The second-order valence-corrected chi connectivity index (χ2v) is 6.11. The Hall–Kier alpha value is -3.23. The number of carbonyl (C=O) groups excluding carboxylic acids is 1. The molecular weight excluding hydrogens is 360 g/mol. The van der Waals surface area contributed by atoms with Crippen molar-refractivity contribution in [3.05, 3.63) is 57.6 Å². The number of ether oxygens (including phenoxy) is 1. The second-order valence-electron chi connectivity index (χ2n) is 6.11. The van der Waals surface area contributed by atoms with Crippen LogP contribution in [0.15, 0.2) is 30.3 Å². The minimum Gasteiger partial charge on any atom is -0.494 e. The van der Waals surface area contributed by atoms with E-state index < -0.39 is 22.5 Å². The van der Waals surface area contributed by atoms with Gasteiger partial charge >= 0.3 is 0 Å². The van der Waals surface area contributed by atoms with E-state index in [9.17, 15) is 23.7 Å². The number of carbonyl (C=O) groups is 1. The molecule has 0 aromatic heterocycles. The number of amides is 1. The molecule has 0 atom stereocenters. The fourth-order valence-corrected chi connectivity index (χ4v) is 3.08. The molecule has 9 heteroatoms. The van der Waals surface area contributed by atoms with E-state index in [0.29, 0.717) is 30.6 Å². The lowest BCUT2D eigenvalue weighted by molar-refractivity contribution is -0.384. The summed E-state index contributed by atoms with van der Waals surface area (Å²) in [5, 5.41) is 13.5. The molecule has 0 unspecified atom stereocenters. The van der Waals surface area contributed by atoms with Crippen LogP contribution in [-0.4, -0.2) is 31.0 Å². The topological polar surface area (TPSA) is 84.7 Å². The molecule has 1 heterocycles. The third-order valence-corrected chi connectivity index (χ3v) is 4.34. The molecule has 0 radical (unpaired) electrons.